The molecule has 146 valence electrons. The number of rotatable bonds is 3. The summed E-state index contributed by atoms with van der Waals surface area (Å²) in [6, 6.07) is 11.5. The van der Waals surface area contributed by atoms with Crippen molar-refractivity contribution in [1.29, 1.82) is 0 Å². The van der Waals surface area contributed by atoms with Gasteiger partial charge in [0.1, 0.15) is 0 Å². The third kappa shape index (κ3) is 3.49. The lowest BCUT2D eigenvalue weighted by Gasteiger charge is -2.11. The van der Waals surface area contributed by atoms with E-state index >= 15 is 0 Å². The SMILES string of the molecule is Cc1ccc(C)c(-n2ncc(-c3cc(C(=O)O)c4cc(Br)cc(Br)c4n3)c2C)c1. The molecule has 5 nitrogen and oxygen atoms in total. The molecule has 4 rings (SSSR count). The molecule has 0 saturated heterocycles. The Morgan fingerprint density at radius 1 is 1.07 bits per heavy atom. The lowest BCUT2D eigenvalue weighted by Crippen LogP contribution is -2.03. The number of nitrogens with zero attached hydrogens (tertiary/aromatic N) is 3. The Labute approximate surface area is 184 Å². The van der Waals surface area contributed by atoms with Crippen molar-refractivity contribution in [2.45, 2.75) is 20.8 Å². The largest absolute Gasteiger partial charge is 0.478 e. The Balaban J connectivity index is 1.96. The van der Waals surface area contributed by atoms with Gasteiger partial charge in [0.05, 0.1) is 34.4 Å². The van der Waals surface area contributed by atoms with Crippen LogP contribution in [0.2, 0.25) is 0 Å². The number of aryl methyl sites for hydroxylation is 2. The third-order valence-electron chi connectivity index (χ3n) is 4.94. The van der Waals surface area contributed by atoms with E-state index in [9.17, 15) is 9.90 Å². The molecule has 0 amide bonds. The molecule has 0 aliphatic rings. The van der Waals surface area contributed by atoms with Crippen LogP contribution in [0.5, 0.6) is 0 Å². The van der Waals surface area contributed by atoms with Gasteiger partial charge in [-0.1, -0.05) is 28.1 Å². The molecule has 2 aromatic heterocycles. The van der Waals surface area contributed by atoms with E-state index in [1.165, 1.54) is 0 Å². The molecule has 0 radical (unpaired) electrons. The molecule has 1 N–H and O–H groups in total. The average molecular weight is 515 g/mol. The maximum Gasteiger partial charge on any atom is 0.336 e. The minimum absolute atomic E-state index is 0.200. The molecule has 0 unspecified atom stereocenters. The normalized spacial score (nSPS) is 11.2. The Morgan fingerprint density at radius 2 is 1.83 bits per heavy atom. The van der Waals surface area contributed by atoms with Gasteiger partial charge < -0.3 is 5.11 Å². The van der Waals surface area contributed by atoms with E-state index in [0.29, 0.717) is 16.6 Å². The van der Waals surface area contributed by atoms with Crippen molar-refractivity contribution in [2.75, 3.05) is 0 Å². The van der Waals surface area contributed by atoms with Crippen molar-refractivity contribution in [1.82, 2.24) is 14.8 Å². The molecule has 7 heteroatoms. The van der Waals surface area contributed by atoms with Gasteiger partial charge >= 0.3 is 5.97 Å². The zero-order valence-corrected chi connectivity index (χ0v) is 19.2. The number of carboxylic acids is 1. The summed E-state index contributed by atoms with van der Waals surface area (Å²) in [5.74, 6) is -0.997. The van der Waals surface area contributed by atoms with Gasteiger partial charge in [0.15, 0.2) is 0 Å². The van der Waals surface area contributed by atoms with Crippen LogP contribution >= 0.6 is 31.9 Å². The summed E-state index contributed by atoms with van der Waals surface area (Å²) in [5, 5.41) is 14.9. The van der Waals surface area contributed by atoms with Crippen LogP contribution in [0.3, 0.4) is 0 Å². The van der Waals surface area contributed by atoms with E-state index in [-0.39, 0.29) is 5.56 Å². The van der Waals surface area contributed by atoms with E-state index < -0.39 is 5.97 Å². The van der Waals surface area contributed by atoms with E-state index in [2.05, 4.69) is 55.2 Å². The molecule has 0 saturated carbocycles. The first kappa shape index (κ1) is 19.8. The molecule has 0 atom stereocenters. The standard InChI is InChI=1S/C22H17Br2N3O2/c1-11-4-5-12(2)20(6-11)27-13(3)17(10-25-27)19-9-16(22(28)29)15-7-14(23)8-18(24)21(15)26-19/h4-10H,1-3H3,(H,28,29). The Kier molecular flexibility index (Phi) is 5.04. The van der Waals surface area contributed by atoms with E-state index in [4.69, 9.17) is 4.98 Å². The molecule has 0 bridgehead atoms. The summed E-state index contributed by atoms with van der Waals surface area (Å²) in [4.78, 5) is 16.7. The third-order valence-corrected chi connectivity index (χ3v) is 6.00. The second kappa shape index (κ2) is 7.39. The van der Waals surface area contributed by atoms with Crippen molar-refractivity contribution in [3.8, 4) is 16.9 Å². The highest BCUT2D eigenvalue weighted by molar-refractivity contribution is 9.11. The average Bonchev–Trinajstić information content (AvgIpc) is 3.04. The van der Waals surface area contributed by atoms with Crippen molar-refractivity contribution in [2.24, 2.45) is 0 Å². The second-order valence-corrected chi connectivity index (χ2v) is 8.76. The summed E-state index contributed by atoms with van der Waals surface area (Å²) in [6.45, 7) is 6.05. The van der Waals surface area contributed by atoms with Crippen LogP contribution in [-0.4, -0.2) is 25.8 Å². The van der Waals surface area contributed by atoms with Crippen molar-refractivity contribution < 1.29 is 9.90 Å². The lowest BCUT2D eigenvalue weighted by molar-refractivity contribution is 0.0699. The van der Waals surface area contributed by atoms with Crippen LogP contribution in [0.4, 0.5) is 0 Å². The number of hydrogen-bond donors (Lipinski definition) is 1. The van der Waals surface area contributed by atoms with Crippen LogP contribution in [0.25, 0.3) is 27.8 Å². The van der Waals surface area contributed by atoms with Crippen LogP contribution in [-0.2, 0) is 0 Å². The van der Waals surface area contributed by atoms with Crippen LogP contribution in [0.1, 0.15) is 27.2 Å². The zero-order valence-electron chi connectivity index (χ0n) is 16.0. The van der Waals surface area contributed by atoms with Gasteiger partial charge in [0, 0.05) is 19.9 Å². The maximum absolute atomic E-state index is 11.9. The summed E-state index contributed by atoms with van der Waals surface area (Å²) in [7, 11) is 0. The topological polar surface area (TPSA) is 68.0 Å². The molecule has 2 aromatic carbocycles. The molecule has 0 spiro atoms. The lowest BCUT2D eigenvalue weighted by atomic mass is 10.0. The van der Waals surface area contributed by atoms with Gasteiger partial charge in [0.25, 0.3) is 0 Å². The monoisotopic (exact) mass is 513 g/mol. The smallest absolute Gasteiger partial charge is 0.336 e. The fourth-order valence-electron chi connectivity index (χ4n) is 3.42. The first-order chi connectivity index (χ1) is 13.8. The van der Waals surface area contributed by atoms with Crippen molar-refractivity contribution in [3.63, 3.8) is 0 Å². The summed E-state index contributed by atoms with van der Waals surface area (Å²) in [6.07, 6.45) is 1.74. The molecule has 4 aromatic rings. The van der Waals surface area contributed by atoms with Gasteiger partial charge in [-0.2, -0.15) is 5.10 Å². The fourth-order valence-corrected chi connectivity index (χ4v) is 4.73. The Morgan fingerprint density at radius 3 is 2.55 bits per heavy atom. The van der Waals surface area contributed by atoms with Crippen molar-refractivity contribution >= 4 is 48.7 Å². The van der Waals surface area contributed by atoms with E-state index in [0.717, 1.165) is 37.0 Å². The Hall–Kier alpha value is -2.51. The molecule has 29 heavy (non-hydrogen) atoms. The van der Waals surface area contributed by atoms with Gasteiger partial charge in [-0.3, -0.25) is 0 Å². The highest BCUT2D eigenvalue weighted by Crippen LogP contribution is 2.33. The molecule has 0 aliphatic carbocycles. The van der Waals surface area contributed by atoms with Crippen LogP contribution in [0, 0.1) is 20.8 Å². The fraction of sp³-hybridized carbons (Fsp3) is 0.136. The molecular weight excluding hydrogens is 498 g/mol. The number of aromatic nitrogens is 3. The molecule has 0 fully saturated rings. The number of carbonyl (C=O) groups is 1. The highest BCUT2D eigenvalue weighted by atomic mass is 79.9. The maximum atomic E-state index is 11.9. The first-order valence-corrected chi connectivity index (χ1v) is 10.5. The predicted molar refractivity (Wildman–Crippen MR) is 121 cm³/mol. The summed E-state index contributed by atoms with van der Waals surface area (Å²) < 4.78 is 3.39. The summed E-state index contributed by atoms with van der Waals surface area (Å²) in [5.41, 5.74) is 6.32. The Bertz CT molecular complexity index is 1300. The number of hydrogen-bond acceptors (Lipinski definition) is 3. The van der Waals surface area contributed by atoms with E-state index in [1.54, 1.807) is 18.3 Å². The zero-order chi connectivity index (χ0) is 20.9. The number of carboxylic acid groups (broad SMARTS) is 1. The van der Waals surface area contributed by atoms with Gasteiger partial charge in [-0.25, -0.2) is 14.5 Å². The van der Waals surface area contributed by atoms with Gasteiger partial charge in [-0.15, -0.1) is 0 Å². The first-order valence-electron chi connectivity index (χ1n) is 8.92. The molecule has 2 heterocycles. The predicted octanol–water partition coefficient (Wildman–Crippen LogP) is 6.24. The van der Waals surface area contributed by atoms with Gasteiger partial charge in [0.2, 0.25) is 0 Å². The van der Waals surface area contributed by atoms with Crippen LogP contribution in [0.15, 0.2) is 51.5 Å². The minimum Gasteiger partial charge on any atom is -0.478 e. The number of halogens is 2. The van der Waals surface area contributed by atoms with E-state index in [1.807, 2.05) is 31.5 Å². The van der Waals surface area contributed by atoms with Crippen molar-refractivity contribution in [3.05, 3.63) is 73.9 Å². The highest BCUT2D eigenvalue weighted by Gasteiger charge is 2.19. The van der Waals surface area contributed by atoms with Crippen LogP contribution < -0.4 is 0 Å². The number of pyridine rings is 1. The molecular formula is C22H17Br2N3O2. The summed E-state index contributed by atoms with van der Waals surface area (Å²) >= 11 is 6.93. The quantitative estimate of drug-likeness (QED) is 0.351. The molecule has 0 aliphatic heterocycles. The minimum atomic E-state index is -0.997. The van der Waals surface area contributed by atoms with Gasteiger partial charge in [-0.05, 0) is 72.1 Å². The number of fused-ring (bicyclic) bond motifs is 1. The number of benzene rings is 2. The number of aromatic carboxylic acids is 1. The second-order valence-electron chi connectivity index (χ2n) is 6.99.